The fourth-order valence-electron chi connectivity index (χ4n) is 5.47. The normalized spacial score (nSPS) is 24.6. The molecule has 10 nitrogen and oxygen atoms in total. The van der Waals surface area contributed by atoms with Crippen LogP contribution in [0, 0.1) is 0 Å². The lowest BCUT2D eigenvalue weighted by atomic mass is 10.0. The Morgan fingerprint density at radius 1 is 1.08 bits per heavy atom. The number of nitrogens with one attached hydrogen (secondary N) is 1. The van der Waals surface area contributed by atoms with Gasteiger partial charge in [0.25, 0.3) is 5.56 Å². The van der Waals surface area contributed by atoms with E-state index < -0.39 is 17.3 Å². The Bertz CT molecular complexity index is 1170. The van der Waals surface area contributed by atoms with E-state index in [0.29, 0.717) is 69.4 Å². The third-order valence-electron chi connectivity index (χ3n) is 7.22. The molecule has 0 unspecified atom stereocenters. The molecule has 2 aromatic rings. The molecule has 0 aliphatic carbocycles. The second-order valence-electron chi connectivity index (χ2n) is 9.51. The number of rotatable bonds is 5. The molecule has 3 saturated heterocycles. The van der Waals surface area contributed by atoms with Crippen molar-refractivity contribution in [2.75, 3.05) is 42.5 Å². The first-order valence-electron chi connectivity index (χ1n) is 12.3. The summed E-state index contributed by atoms with van der Waals surface area (Å²) in [6.07, 6.45) is 1.56. The van der Waals surface area contributed by atoms with Crippen molar-refractivity contribution in [3.63, 3.8) is 0 Å². The number of carbonyl (C=O) groups excluding carboxylic acids is 1. The molecule has 3 fully saturated rings. The van der Waals surface area contributed by atoms with Crippen LogP contribution in [0.2, 0.25) is 5.02 Å². The Balaban J connectivity index is 1.17. The van der Waals surface area contributed by atoms with Gasteiger partial charge >= 0.3 is 6.18 Å². The Labute approximate surface area is 215 Å². The number of halogens is 4. The SMILES string of the molecule is O=C(C[C@@H]1CC[C@H]([C@@H]2CCCN2c2cn[nH]c(=O)c2C(F)(F)F)O1)N1CCN(c2ncc(Cl)cn2)CC1. The average Bonchev–Trinajstić information content (AvgIpc) is 3.53. The lowest BCUT2D eigenvalue weighted by Gasteiger charge is -2.35. The largest absolute Gasteiger partial charge is 0.423 e. The van der Waals surface area contributed by atoms with E-state index in [1.54, 1.807) is 9.80 Å². The van der Waals surface area contributed by atoms with Gasteiger partial charge in [-0.3, -0.25) is 9.59 Å². The van der Waals surface area contributed by atoms with Gasteiger partial charge in [0.1, 0.15) is 5.56 Å². The quantitative estimate of drug-likeness (QED) is 0.615. The van der Waals surface area contributed by atoms with Crippen LogP contribution in [-0.2, 0) is 15.7 Å². The molecule has 0 radical (unpaired) electrons. The first-order valence-corrected chi connectivity index (χ1v) is 12.7. The van der Waals surface area contributed by atoms with Crippen molar-refractivity contribution in [3.05, 3.63) is 39.5 Å². The summed E-state index contributed by atoms with van der Waals surface area (Å²) in [5, 5.41) is 5.96. The van der Waals surface area contributed by atoms with Gasteiger partial charge in [-0.2, -0.15) is 18.3 Å². The number of nitrogens with zero attached hydrogens (tertiary/aromatic N) is 6. The molecule has 5 heterocycles. The smallest absolute Gasteiger partial charge is 0.372 e. The highest BCUT2D eigenvalue weighted by atomic mass is 35.5. The van der Waals surface area contributed by atoms with Crippen LogP contribution >= 0.6 is 11.6 Å². The number of piperazine rings is 1. The van der Waals surface area contributed by atoms with Crippen molar-refractivity contribution in [3.8, 4) is 0 Å². The minimum absolute atomic E-state index is 0.0104. The van der Waals surface area contributed by atoms with Crippen molar-refractivity contribution in [2.24, 2.45) is 0 Å². The highest BCUT2D eigenvalue weighted by Gasteiger charge is 2.44. The van der Waals surface area contributed by atoms with E-state index in [9.17, 15) is 22.8 Å². The Morgan fingerprint density at radius 2 is 1.81 bits per heavy atom. The maximum absolute atomic E-state index is 13.6. The zero-order valence-corrected chi connectivity index (χ0v) is 20.7. The van der Waals surface area contributed by atoms with E-state index in [2.05, 4.69) is 15.1 Å². The monoisotopic (exact) mass is 541 g/mol. The highest BCUT2D eigenvalue weighted by Crippen LogP contribution is 2.39. The third kappa shape index (κ3) is 5.52. The summed E-state index contributed by atoms with van der Waals surface area (Å²) in [7, 11) is 0. The second kappa shape index (κ2) is 10.4. The summed E-state index contributed by atoms with van der Waals surface area (Å²) >= 11 is 5.85. The summed E-state index contributed by atoms with van der Waals surface area (Å²) in [5.74, 6) is 0.563. The van der Waals surface area contributed by atoms with Crippen molar-refractivity contribution in [2.45, 2.75) is 56.5 Å². The Hall–Kier alpha value is -2.93. The molecule has 3 atom stereocenters. The zero-order chi connectivity index (χ0) is 26.2. The van der Waals surface area contributed by atoms with Gasteiger partial charge in [0.15, 0.2) is 0 Å². The van der Waals surface area contributed by atoms with Crippen molar-refractivity contribution in [1.29, 1.82) is 0 Å². The molecule has 0 bridgehead atoms. The molecule has 0 aromatic carbocycles. The Morgan fingerprint density at radius 3 is 2.51 bits per heavy atom. The van der Waals surface area contributed by atoms with Gasteiger partial charge < -0.3 is 19.4 Å². The number of aromatic amines is 1. The molecule has 14 heteroatoms. The molecule has 3 aliphatic heterocycles. The first kappa shape index (κ1) is 25.7. The zero-order valence-electron chi connectivity index (χ0n) is 20.0. The molecule has 5 rings (SSSR count). The van der Waals surface area contributed by atoms with Crippen LogP contribution in [-0.4, -0.2) is 81.9 Å². The molecule has 0 spiro atoms. The molecule has 3 aliphatic rings. The minimum atomic E-state index is -4.80. The van der Waals surface area contributed by atoms with Gasteiger partial charge in [0.2, 0.25) is 11.9 Å². The van der Waals surface area contributed by atoms with Gasteiger partial charge in [-0.05, 0) is 25.7 Å². The second-order valence-corrected chi connectivity index (χ2v) is 9.94. The molecule has 2 aromatic heterocycles. The van der Waals surface area contributed by atoms with Crippen LogP contribution < -0.4 is 15.4 Å². The summed E-state index contributed by atoms with van der Waals surface area (Å²) in [6.45, 7) is 2.65. The summed E-state index contributed by atoms with van der Waals surface area (Å²) in [4.78, 5) is 38.7. The van der Waals surface area contributed by atoms with Crippen LogP contribution in [0.3, 0.4) is 0 Å². The topological polar surface area (TPSA) is 108 Å². The molecular formula is C23H27ClF3N7O3. The van der Waals surface area contributed by atoms with Crippen LogP contribution in [0.1, 0.15) is 37.7 Å². The van der Waals surface area contributed by atoms with Crippen LogP contribution in [0.5, 0.6) is 0 Å². The lowest BCUT2D eigenvalue weighted by Crippen LogP contribution is -2.49. The van der Waals surface area contributed by atoms with Crippen LogP contribution in [0.25, 0.3) is 0 Å². The van der Waals surface area contributed by atoms with Crippen molar-refractivity contribution >= 4 is 29.1 Å². The molecule has 1 N–H and O–H groups in total. The number of ether oxygens (including phenoxy) is 1. The third-order valence-corrected chi connectivity index (χ3v) is 7.42. The van der Waals surface area contributed by atoms with E-state index in [1.807, 2.05) is 10.00 Å². The number of H-pyrrole nitrogens is 1. The maximum Gasteiger partial charge on any atom is 0.423 e. The predicted molar refractivity (Wildman–Crippen MR) is 129 cm³/mol. The van der Waals surface area contributed by atoms with Gasteiger partial charge in [-0.15, -0.1) is 0 Å². The van der Waals surface area contributed by atoms with E-state index >= 15 is 0 Å². The number of anilines is 2. The van der Waals surface area contributed by atoms with E-state index in [4.69, 9.17) is 16.3 Å². The number of hydrogen-bond acceptors (Lipinski definition) is 8. The van der Waals surface area contributed by atoms with E-state index in [-0.39, 0.29) is 36.3 Å². The number of carbonyl (C=O) groups is 1. The number of amides is 1. The van der Waals surface area contributed by atoms with Crippen molar-refractivity contribution < 1.29 is 22.7 Å². The lowest BCUT2D eigenvalue weighted by molar-refractivity contribution is -0.138. The number of aromatic nitrogens is 4. The standard InChI is InChI=1S/C23H27ClF3N7O3/c24-14-11-28-22(29-12-14)33-8-6-32(7-9-33)19(35)10-15-3-4-18(37-15)16-2-1-5-34(16)17-13-30-31-21(36)20(17)23(25,26)27/h11-13,15-16,18H,1-10H2,(H,31,36)/t15-,16-,18+/m0/s1. The molecular weight excluding hydrogens is 515 g/mol. The van der Waals surface area contributed by atoms with Gasteiger partial charge in [0, 0.05) is 32.7 Å². The molecule has 1 amide bonds. The van der Waals surface area contributed by atoms with Crippen LogP contribution in [0.4, 0.5) is 24.8 Å². The first-order chi connectivity index (χ1) is 17.7. The van der Waals surface area contributed by atoms with E-state index in [0.717, 1.165) is 6.20 Å². The van der Waals surface area contributed by atoms with Crippen molar-refractivity contribution in [1.82, 2.24) is 25.1 Å². The molecule has 37 heavy (non-hydrogen) atoms. The van der Waals surface area contributed by atoms with Crippen LogP contribution in [0.15, 0.2) is 23.4 Å². The number of hydrogen-bond donors (Lipinski definition) is 1. The Kier molecular flexibility index (Phi) is 7.26. The maximum atomic E-state index is 13.6. The summed E-state index contributed by atoms with van der Waals surface area (Å²) in [5.41, 5.74) is -2.71. The minimum Gasteiger partial charge on any atom is -0.372 e. The fraction of sp³-hybridized carbons (Fsp3) is 0.609. The summed E-state index contributed by atoms with van der Waals surface area (Å²) in [6, 6.07) is -0.312. The fourth-order valence-corrected chi connectivity index (χ4v) is 5.57. The molecule has 0 saturated carbocycles. The summed E-state index contributed by atoms with van der Waals surface area (Å²) < 4.78 is 47.1. The predicted octanol–water partition coefficient (Wildman–Crippen LogP) is 2.49. The average molecular weight is 542 g/mol. The van der Waals surface area contributed by atoms with Gasteiger partial charge in [-0.25, -0.2) is 15.1 Å². The van der Waals surface area contributed by atoms with Gasteiger partial charge in [-0.1, -0.05) is 11.6 Å². The van der Waals surface area contributed by atoms with Gasteiger partial charge in [0.05, 0.1) is 54.0 Å². The molecule has 200 valence electrons. The number of alkyl halides is 3. The highest BCUT2D eigenvalue weighted by molar-refractivity contribution is 6.30. The van der Waals surface area contributed by atoms with E-state index in [1.165, 1.54) is 12.4 Å².